The molecule has 0 fully saturated rings. The predicted octanol–water partition coefficient (Wildman–Crippen LogP) is 4.55. The zero-order valence-electron chi connectivity index (χ0n) is 12.1. The van der Waals surface area contributed by atoms with E-state index in [0.717, 1.165) is 32.2 Å². The molecule has 2 aromatic rings. The zero-order valence-corrected chi connectivity index (χ0v) is 13.7. The van der Waals surface area contributed by atoms with Crippen LogP contribution in [0.1, 0.15) is 41.9 Å². The summed E-state index contributed by atoms with van der Waals surface area (Å²) in [6.07, 6.45) is 11.7. The number of nitrogens with zero attached hydrogens (tertiary/aromatic N) is 2. The molecule has 21 heavy (non-hydrogen) atoms. The van der Waals surface area contributed by atoms with Gasteiger partial charge >= 0.3 is 0 Å². The van der Waals surface area contributed by atoms with Gasteiger partial charge in [0.15, 0.2) is 0 Å². The van der Waals surface area contributed by atoms with Crippen LogP contribution in [0, 0.1) is 0 Å². The Morgan fingerprint density at radius 1 is 1.19 bits per heavy atom. The Morgan fingerprint density at radius 3 is 3.05 bits per heavy atom. The molecule has 2 nitrogen and oxygen atoms in total. The standard InChI is InChI=1S/C18H19BrN2/c19-16-6-5-14-9-13(10-15(14)11-16)4-7-17-12-21-8-2-1-3-18(21)20-17/h5-6,9,11-12H,1-4,7-8,10H2. The predicted molar refractivity (Wildman–Crippen MR) is 89.3 cm³/mol. The van der Waals surface area contributed by atoms with Crippen LogP contribution in [-0.2, 0) is 25.8 Å². The minimum Gasteiger partial charge on any atom is -0.335 e. The van der Waals surface area contributed by atoms with Crippen molar-refractivity contribution in [2.45, 2.75) is 45.1 Å². The van der Waals surface area contributed by atoms with E-state index >= 15 is 0 Å². The molecule has 0 saturated carbocycles. The third-order valence-electron chi connectivity index (χ3n) is 4.54. The van der Waals surface area contributed by atoms with Crippen molar-refractivity contribution in [3.05, 3.63) is 57.1 Å². The highest BCUT2D eigenvalue weighted by molar-refractivity contribution is 9.10. The lowest BCUT2D eigenvalue weighted by Gasteiger charge is -2.11. The molecule has 1 aliphatic carbocycles. The number of allylic oxidation sites excluding steroid dienone is 1. The van der Waals surface area contributed by atoms with Gasteiger partial charge in [0.1, 0.15) is 5.82 Å². The van der Waals surface area contributed by atoms with Crippen LogP contribution in [0.25, 0.3) is 6.08 Å². The Hall–Kier alpha value is -1.35. The lowest BCUT2D eigenvalue weighted by Crippen LogP contribution is -2.08. The van der Waals surface area contributed by atoms with Crippen molar-refractivity contribution in [3.63, 3.8) is 0 Å². The fourth-order valence-corrected chi connectivity index (χ4v) is 3.83. The maximum absolute atomic E-state index is 4.80. The van der Waals surface area contributed by atoms with Gasteiger partial charge in [-0.25, -0.2) is 4.98 Å². The first kappa shape index (κ1) is 13.3. The molecular formula is C18H19BrN2. The van der Waals surface area contributed by atoms with Crippen LogP contribution in [0.15, 0.2) is 34.4 Å². The molecule has 0 amide bonds. The summed E-state index contributed by atoms with van der Waals surface area (Å²) in [4.78, 5) is 4.80. The molecular weight excluding hydrogens is 324 g/mol. The average molecular weight is 343 g/mol. The molecule has 1 aliphatic heterocycles. The van der Waals surface area contributed by atoms with Gasteiger partial charge in [-0.1, -0.05) is 33.6 Å². The summed E-state index contributed by atoms with van der Waals surface area (Å²) in [6.45, 7) is 1.16. The highest BCUT2D eigenvalue weighted by atomic mass is 79.9. The van der Waals surface area contributed by atoms with Gasteiger partial charge in [-0.2, -0.15) is 0 Å². The first-order chi connectivity index (χ1) is 10.3. The summed E-state index contributed by atoms with van der Waals surface area (Å²) >= 11 is 3.56. The van der Waals surface area contributed by atoms with Crippen LogP contribution in [0.5, 0.6) is 0 Å². The summed E-state index contributed by atoms with van der Waals surface area (Å²) in [7, 11) is 0. The number of benzene rings is 1. The third-order valence-corrected chi connectivity index (χ3v) is 5.04. The minimum absolute atomic E-state index is 1.07. The van der Waals surface area contributed by atoms with E-state index < -0.39 is 0 Å². The van der Waals surface area contributed by atoms with Crippen LogP contribution < -0.4 is 0 Å². The third kappa shape index (κ3) is 2.71. The quantitative estimate of drug-likeness (QED) is 0.799. The zero-order chi connectivity index (χ0) is 14.2. The van der Waals surface area contributed by atoms with E-state index in [1.165, 1.54) is 45.5 Å². The van der Waals surface area contributed by atoms with Crippen molar-refractivity contribution in [1.82, 2.24) is 9.55 Å². The number of hydrogen-bond donors (Lipinski definition) is 0. The van der Waals surface area contributed by atoms with Crippen molar-refractivity contribution >= 4 is 22.0 Å². The second-order valence-electron chi connectivity index (χ2n) is 6.12. The Labute approximate surface area is 134 Å². The molecule has 0 unspecified atom stereocenters. The number of imidazole rings is 1. The van der Waals surface area contributed by atoms with Crippen molar-refractivity contribution in [3.8, 4) is 0 Å². The topological polar surface area (TPSA) is 17.8 Å². The maximum atomic E-state index is 4.80. The molecule has 0 spiro atoms. The molecule has 1 aromatic heterocycles. The Balaban J connectivity index is 1.43. The van der Waals surface area contributed by atoms with Gasteiger partial charge in [-0.05, 0) is 55.4 Å². The van der Waals surface area contributed by atoms with Crippen LogP contribution in [-0.4, -0.2) is 9.55 Å². The number of fused-ring (bicyclic) bond motifs is 2. The Bertz CT molecular complexity index is 689. The van der Waals surface area contributed by atoms with E-state index in [0.29, 0.717) is 0 Å². The van der Waals surface area contributed by atoms with Gasteiger partial charge in [0.05, 0.1) is 5.69 Å². The summed E-state index contributed by atoms with van der Waals surface area (Å²) < 4.78 is 3.53. The first-order valence-electron chi connectivity index (χ1n) is 7.81. The van der Waals surface area contributed by atoms with Gasteiger partial charge in [-0.3, -0.25) is 0 Å². The molecule has 0 N–H and O–H groups in total. The van der Waals surface area contributed by atoms with Gasteiger partial charge in [0, 0.05) is 23.6 Å². The molecule has 1 aromatic carbocycles. The van der Waals surface area contributed by atoms with Gasteiger partial charge in [0.2, 0.25) is 0 Å². The minimum atomic E-state index is 1.07. The summed E-state index contributed by atoms with van der Waals surface area (Å²) in [5.41, 5.74) is 5.64. The normalized spacial score (nSPS) is 16.5. The molecule has 108 valence electrons. The highest BCUT2D eigenvalue weighted by Crippen LogP contribution is 2.30. The van der Waals surface area contributed by atoms with E-state index in [1.54, 1.807) is 0 Å². The van der Waals surface area contributed by atoms with Crippen LogP contribution >= 0.6 is 15.9 Å². The lowest BCUT2D eigenvalue weighted by molar-refractivity contribution is 0.522. The van der Waals surface area contributed by atoms with Crippen molar-refractivity contribution in [1.29, 1.82) is 0 Å². The second kappa shape index (κ2) is 5.45. The van der Waals surface area contributed by atoms with Crippen LogP contribution in [0.4, 0.5) is 0 Å². The second-order valence-corrected chi connectivity index (χ2v) is 7.04. The fraction of sp³-hybridized carbons (Fsp3) is 0.389. The SMILES string of the molecule is Brc1ccc2c(c1)CC(CCc1cn3c(n1)CCCC3)=C2. The number of hydrogen-bond acceptors (Lipinski definition) is 1. The van der Waals surface area contributed by atoms with E-state index in [1.807, 2.05) is 0 Å². The van der Waals surface area contributed by atoms with E-state index in [4.69, 9.17) is 4.98 Å². The molecule has 2 heterocycles. The van der Waals surface area contributed by atoms with Crippen LogP contribution in [0.3, 0.4) is 0 Å². The number of rotatable bonds is 3. The molecule has 0 radical (unpaired) electrons. The number of aromatic nitrogens is 2. The van der Waals surface area contributed by atoms with E-state index in [9.17, 15) is 0 Å². The van der Waals surface area contributed by atoms with Crippen molar-refractivity contribution in [2.75, 3.05) is 0 Å². The van der Waals surface area contributed by atoms with E-state index in [-0.39, 0.29) is 0 Å². The molecule has 0 atom stereocenters. The smallest absolute Gasteiger partial charge is 0.108 e. The van der Waals surface area contributed by atoms with Gasteiger partial charge in [0.25, 0.3) is 0 Å². The number of halogens is 1. The fourth-order valence-electron chi connectivity index (χ4n) is 3.43. The lowest BCUT2D eigenvalue weighted by atomic mass is 10.1. The Morgan fingerprint density at radius 2 is 2.14 bits per heavy atom. The summed E-state index contributed by atoms with van der Waals surface area (Å²) in [5.74, 6) is 1.30. The molecule has 2 aliphatic rings. The summed E-state index contributed by atoms with van der Waals surface area (Å²) in [6, 6.07) is 6.58. The largest absolute Gasteiger partial charge is 0.335 e. The van der Waals surface area contributed by atoms with Gasteiger partial charge < -0.3 is 4.57 Å². The van der Waals surface area contributed by atoms with Crippen molar-refractivity contribution in [2.24, 2.45) is 0 Å². The summed E-state index contributed by atoms with van der Waals surface area (Å²) in [5, 5.41) is 0. The number of aryl methyl sites for hydroxylation is 3. The van der Waals surface area contributed by atoms with Crippen molar-refractivity contribution < 1.29 is 0 Å². The molecule has 0 saturated heterocycles. The first-order valence-corrected chi connectivity index (χ1v) is 8.60. The monoisotopic (exact) mass is 342 g/mol. The molecule has 0 bridgehead atoms. The van der Waals surface area contributed by atoms with Crippen LogP contribution in [0.2, 0.25) is 0 Å². The molecule has 3 heteroatoms. The highest BCUT2D eigenvalue weighted by Gasteiger charge is 2.15. The van der Waals surface area contributed by atoms with E-state index in [2.05, 4.69) is 51.0 Å². The maximum Gasteiger partial charge on any atom is 0.108 e. The average Bonchev–Trinajstić information content (AvgIpc) is 3.07. The Kier molecular flexibility index (Phi) is 3.46. The van der Waals surface area contributed by atoms with Gasteiger partial charge in [-0.15, -0.1) is 0 Å². The molecule has 4 rings (SSSR count).